The summed E-state index contributed by atoms with van der Waals surface area (Å²) in [6, 6.07) is 3.07. The minimum Gasteiger partial charge on any atom is -0.366 e. The molecule has 1 aliphatic carbocycles. The SMILES string of the molecule is CC.CCCc1cnc2c(c1)C1CC1N2.[HH]. The van der Waals surface area contributed by atoms with Gasteiger partial charge in [-0.1, -0.05) is 33.3 Å². The van der Waals surface area contributed by atoms with Gasteiger partial charge in [-0.25, -0.2) is 4.98 Å². The molecule has 0 bridgehead atoms. The highest BCUT2D eigenvalue weighted by Gasteiger charge is 2.45. The molecule has 0 spiro atoms. The van der Waals surface area contributed by atoms with Crippen LogP contribution in [0.15, 0.2) is 12.3 Å². The van der Waals surface area contributed by atoms with Gasteiger partial charge in [-0.05, 0) is 24.0 Å². The number of nitrogens with one attached hydrogen (secondary N) is 1. The van der Waals surface area contributed by atoms with Gasteiger partial charge in [0.25, 0.3) is 0 Å². The highest BCUT2D eigenvalue weighted by molar-refractivity contribution is 5.59. The summed E-state index contributed by atoms with van der Waals surface area (Å²) in [4.78, 5) is 4.45. The predicted molar refractivity (Wildman–Crippen MR) is 66.5 cm³/mol. The van der Waals surface area contributed by atoms with Gasteiger partial charge < -0.3 is 5.32 Å². The number of aryl methyl sites for hydroxylation is 1. The van der Waals surface area contributed by atoms with Crippen LogP contribution in [0.2, 0.25) is 0 Å². The normalized spacial score (nSPS) is 24.5. The van der Waals surface area contributed by atoms with Crippen LogP contribution >= 0.6 is 0 Å². The van der Waals surface area contributed by atoms with Crippen LogP contribution in [0, 0.1) is 0 Å². The van der Waals surface area contributed by atoms with E-state index >= 15 is 0 Å². The van der Waals surface area contributed by atoms with Crippen LogP contribution < -0.4 is 5.32 Å². The molecule has 2 heteroatoms. The first-order chi connectivity index (χ1) is 7.38. The minimum absolute atomic E-state index is 0. The quantitative estimate of drug-likeness (QED) is 0.800. The summed E-state index contributed by atoms with van der Waals surface area (Å²) >= 11 is 0. The third-order valence-corrected chi connectivity index (χ3v) is 3.02. The molecular formula is C13H22N2. The van der Waals surface area contributed by atoms with Crippen LogP contribution in [0.3, 0.4) is 0 Å². The van der Waals surface area contributed by atoms with E-state index in [1.54, 1.807) is 0 Å². The van der Waals surface area contributed by atoms with E-state index in [0.717, 1.165) is 24.2 Å². The van der Waals surface area contributed by atoms with E-state index in [-0.39, 0.29) is 1.43 Å². The van der Waals surface area contributed by atoms with E-state index in [1.165, 1.54) is 24.0 Å². The topological polar surface area (TPSA) is 24.9 Å². The van der Waals surface area contributed by atoms with Crippen molar-refractivity contribution in [3.8, 4) is 0 Å². The number of nitrogens with zero attached hydrogens (tertiary/aromatic N) is 1. The Morgan fingerprint density at radius 2 is 2.33 bits per heavy atom. The lowest BCUT2D eigenvalue weighted by Crippen LogP contribution is -1.99. The first-order valence-electron chi connectivity index (χ1n) is 6.14. The van der Waals surface area contributed by atoms with E-state index in [1.807, 2.05) is 20.0 Å². The van der Waals surface area contributed by atoms with Crippen molar-refractivity contribution in [3.63, 3.8) is 0 Å². The average Bonchev–Trinajstić information content (AvgIpc) is 2.96. The number of aromatic nitrogens is 1. The second-order valence-corrected chi connectivity index (χ2v) is 4.12. The average molecular weight is 206 g/mol. The first kappa shape index (κ1) is 10.5. The Labute approximate surface area is 93.6 Å². The van der Waals surface area contributed by atoms with Gasteiger partial charge in [-0.2, -0.15) is 0 Å². The molecule has 2 heterocycles. The zero-order valence-corrected chi connectivity index (χ0v) is 9.88. The van der Waals surface area contributed by atoms with Crippen LogP contribution in [0.4, 0.5) is 5.82 Å². The summed E-state index contributed by atoms with van der Waals surface area (Å²) in [6.45, 7) is 6.21. The maximum Gasteiger partial charge on any atom is 0.129 e. The van der Waals surface area contributed by atoms with E-state index in [4.69, 9.17) is 0 Å². The number of hydrogen-bond acceptors (Lipinski definition) is 2. The first-order valence-corrected chi connectivity index (χ1v) is 6.14. The maximum atomic E-state index is 4.45. The van der Waals surface area contributed by atoms with Crippen molar-refractivity contribution in [1.82, 2.24) is 4.98 Å². The van der Waals surface area contributed by atoms with Gasteiger partial charge in [0.1, 0.15) is 5.82 Å². The molecule has 0 aromatic carbocycles. The lowest BCUT2D eigenvalue weighted by molar-refractivity contribution is 0.909. The molecular weight excluding hydrogens is 184 g/mol. The smallest absolute Gasteiger partial charge is 0.129 e. The second-order valence-electron chi connectivity index (χ2n) is 4.12. The molecule has 0 saturated heterocycles. The van der Waals surface area contributed by atoms with Crippen molar-refractivity contribution >= 4 is 5.82 Å². The molecule has 2 nitrogen and oxygen atoms in total. The highest BCUT2D eigenvalue weighted by Crippen LogP contribution is 2.50. The molecule has 84 valence electrons. The van der Waals surface area contributed by atoms with Crippen molar-refractivity contribution in [2.24, 2.45) is 0 Å². The molecule has 1 aromatic rings. The fraction of sp³-hybridized carbons (Fsp3) is 0.615. The van der Waals surface area contributed by atoms with Gasteiger partial charge in [0.15, 0.2) is 0 Å². The number of anilines is 1. The van der Waals surface area contributed by atoms with E-state index in [0.29, 0.717) is 0 Å². The van der Waals surface area contributed by atoms with Crippen molar-refractivity contribution in [3.05, 3.63) is 23.4 Å². The van der Waals surface area contributed by atoms with Gasteiger partial charge in [-0.3, -0.25) is 0 Å². The Kier molecular flexibility index (Phi) is 2.94. The van der Waals surface area contributed by atoms with Gasteiger partial charge in [-0.15, -0.1) is 0 Å². The maximum absolute atomic E-state index is 4.45. The van der Waals surface area contributed by atoms with Crippen LogP contribution in [0.25, 0.3) is 0 Å². The number of pyridine rings is 1. The van der Waals surface area contributed by atoms with Gasteiger partial charge >= 0.3 is 0 Å². The summed E-state index contributed by atoms with van der Waals surface area (Å²) < 4.78 is 0. The molecule has 0 radical (unpaired) electrons. The standard InChI is InChI=1S/C11H14N2.C2H6.H2/c1-2-3-7-4-9-8-5-10(8)13-11(9)12-6-7;1-2;/h4,6,8,10H,2-3,5H2,1H3,(H,12,13);1-2H3;1H. The summed E-state index contributed by atoms with van der Waals surface area (Å²) in [5.74, 6) is 1.93. The molecule has 1 fully saturated rings. The highest BCUT2D eigenvalue weighted by atomic mass is 15.1. The third-order valence-electron chi connectivity index (χ3n) is 3.02. The Morgan fingerprint density at radius 1 is 1.53 bits per heavy atom. The Bertz CT molecular complexity index is 352. The fourth-order valence-corrected chi connectivity index (χ4v) is 2.23. The monoisotopic (exact) mass is 206 g/mol. The van der Waals surface area contributed by atoms with Gasteiger partial charge in [0.2, 0.25) is 0 Å². The van der Waals surface area contributed by atoms with Crippen molar-refractivity contribution in [2.75, 3.05) is 5.32 Å². The second kappa shape index (κ2) is 4.21. The Balaban J connectivity index is 0.000000406. The molecule has 2 aliphatic rings. The zero-order valence-electron chi connectivity index (χ0n) is 9.88. The molecule has 2 unspecified atom stereocenters. The van der Waals surface area contributed by atoms with Crippen LogP contribution in [-0.2, 0) is 6.42 Å². The molecule has 15 heavy (non-hydrogen) atoms. The largest absolute Gasteiger partial charge is 0.366 e. The Hall–Kier alpha value is -1.05. The summed E-state index contributed by atoms with van der Waals surface area (Å²) in [5.41, 5.74) is 2.87. The molecule has 1 N–H and O–H groups in total. The number of fused-ring (bicyclic) bond motifs is 3. The van der Waals surface area contributed by atoms with E-state index in [2.05, 4.69) is 23.3 Å². The van der Waals surface area contributed by atoms with Crippen molar-refractivity contribution in [2.45, 2.75) is 52.0 Å². The van der Waals surface area contributed by atoms with Gasteiger partial charge in [0.05, 0.1) is 0 Å². The molecule has 1 aliphatic heterocycles. The molecule has 1 saturated carbocycles. The zero-order chi connectivity index (χ0) is 10.8. The molecule has 3 rings (SSSR count). The van der Waals surface area contributed by atoms with E-state index < -0.39 is 0 Å². The summed E-state index contributed by atoms with van der Waals surface area (Å²) in [6.07, 6.45) is 5.71. The molecule has 0 amide bonds. The summed E-state index contributed by atoms with van der Waals surface area (Å²) in [7, 11) is 0. The van der Waals surface area contributed by atoms with Crippen LogP contribution in [0.5, 0.6) is 0 Å². The number of hydrogen-bond donors (Lipinski definition) is 1. The lowest BCUT2D eigenvalue weighted by atomic mass is 10.1. The lowest BCUT2D eigenvalue weighted by Gasteiger charge is -2.04. The number of rotatable bonds is 2. The van der Waals surface area contributed by atoms with E-state index in [9.17, 15) is 0 Å². The van der Waals surface area contributed by atoms with Gasteiger partial charge in [0, 0.05) is 19.6 Å². The van der Waals surface area contributed by atoms with Crippen molar-refractivity contribution < 1.29 is 1.43 Å². The predicted octanol–water partition coefficient (Wildman–Crippen LogP) is 3.59. The summed E-state index contributed by atoms with van der Waals surface area (Å²) in [5, 5.41) is 3.43. The van der Waals surface area contributed by atoms with Crippen LogP contribution in [-0.4, -0.2) is 11.0 Å². The van der Waals surface area contributed by atoms with Crippen molar-refractivity contribution in [1.29, 1.82) is 0 Å². The third kappa shape index (κ3) is 1.85. The molecule has 1 aromatic heterocycles. The molecule has 2 atom stereocenters. The minimum atomic E-state index is 0. The van der Waals surface area contributed by atoms with Crippen LogP contribution in [0.1, 0.15) is 52.1 Å². The Morgan fingerprint density at radius 3 is 3.07 bits per heavy atom. The fourth-order valence-electron chi connectivity index (χ4n) is 2.23.